The second-order valence-corrected chi connectivity index (χ2v) is 7.68. The van der Waals surface area contributed by atoms with Crippen molar-refractivity contribution < 1.29 is 12.8 Å². The van der Waals surface area contributed by atoms with Crippen LogP contribution in [0.15, 0.2) is 18.2 Å². The van der Waals surface area contributed by atoms with E-state index in [0.29, 0.717) is 25.5 Å². The zero-order valence-corrected chi connectivity index (χ0v) is 12.2. The smallest absolute Gasteiger partial charge is 0.217 e. The molecule has 1 aliphatic heterocycles. The summed E-state index contributed by atoms with van der Waals surface area (Å²) in [6, 6.07) is 4.68. The van der Waals surface area contributed by atoms with Crippen LogP contribution in [0.3, 0.4) is 0 Å². The Hall–Kier alpha value is -1.21. The summed E-state index contributed by atoms with van der Waals surface area (Å²) in [6.45, 7) is 3.38. The SMILES string of the molecule is CC1CN(S(=O)(=O)C2CC2)CCN1c1cccc(F)n1. The van der Waals surface area contributed by atoms with E-state index in [1.165, 1.54) is 6.07 Å². The lowest BCUT2D eigenvalue weighted by Gasteiger charge is -2.39. The fourth-order valence-electron chi connectivity index (χ4n) is 2.63. The number of hydrogen-bond acceptors (Lipinski definition) is 4. The Morgan fingerprint density at radius 3 is 2.65 bits per heavy atom. The largest absolute Gasteiger partial charge is 0.351 e. The van der Waals surface area contributed by atoms with Crippen molar-refractivity contribution in [2.75, 3.05) is 24.5 Å². The van der Waals surface area contributed by atoms with Crippen molar-refractivity contribution in [2.24, 2.45) is 0 Å². The molecule has 1 aromatic heterocycles. The number of sulfonamides is 1. The quantitative estimate of drug-likeness (QED) is 0.788. The van der Waals surface area contributed by atoms with Gasteiger partial charge in [-0.1, -0.05) is 6.07 Å². The fraction of sp³-hybridized carbons (Fsp3) is 0.615. The van der Waals surface area contributed by atoms with Crippen LogP contribution in [0, 0.1) is 5.95 Å². The van der Waals surface area contributed by atoms with Crippen molar-refractivity contribution in [2.45, 2.75) is 31.1 Å². The standard InChI is InChI=1S/C13H18FN3O2S/c1-10-9-16(20(18,19)11-5-6-11)7-8-17(10)13-4-2-3-12(14)15-13/h2-4,10-11H,5-9H2,1H3. The Bertz CT molecular complexity index is 603. The molecule has 0 aromatic carbocycles. The van der Waals surface area contributed by atoms with E-state index in [4.69, 9.17) is 0 Å². The van der Waals surface area contributed by atoms with Gasteiger partial charge in [0, 0.05) is 25.7 Å². The molecule has 0 N–H and O–H groups in total. The minimum atomic E-state index is -3.12. The molecule has 1 atom stereocenters. The van der Waals surface area contributed by atoms with Crippen LogP contribution in [0.4, 0.5) is 10.2 Å². The average molecular weight is 299 g/mol. The van der Waals surface area contributed by atoms with E-state index in [2.05, 4.69) is 4.98 Å². The molecule has 5 nitrogen and oxygen atoms in total. The topological polar surface area (TPSA) is 53.5 Å². The van der Waals surface area contributed by atoms with E-state index in [9.17, 15) is 12.8 Å². The van der Waals surface area contributed by atoms with Crippen LogP contribution in [0.25, 0.3) is 0 Å². The summed E-state index contributed by atoms with van der Waals surface area (Å²) in [4.78, 5) is 5.83. The average Bonchev–Trinajstić information content (AvgIpc) is 3.23. The zero-order valence-electron chi connectivity index (χ0n) is 11.4. The van der Waals surface area contributed by atoms with Crippen LogP contribution in [-0.2, 0) is 10.0 Å². The molecule has 1 saturated heterocycles. The molecule has 2 heterocycles. The van der Waals surface area contributed by atoms with Gasteiger partial charge in [0.25, 0.3) is 0 Å². The summed E-state index contributed by atoms with van der Waals surface area (Å²) in [5.74, 6) is 0.0590. The summed E-state index contributed by atoms with van der Waals surface area (Å²) in [5, 5.41) is -0.173. The number of nitrogens with zero attached hydrogens (tertiary/aromatic N) is 3. The second-order valence-electron chi connectivity index (χ2n) is 5.46. The summed E-state index contributed by atoms with van der Waals surface area (Å²) < 4.78 is 39.2. The highest BCUT2D eigenvalue weighted by atomic mass is 32.2. The number of anilines is 1. The lowest BCUT2D eigenvalue weighted by Crippen LogP contribution is -2.54. The van der Waals surface area contributed by atoms with Gasteiger partial charge in [-0.25, -0.2) is 13.4 Å². The summed E-state index contributed by atoms with van der Waals surface area (Å²) in [5.41, 5.74) is 0. The predicted octanol–water partition coefficient (Wildman–Crippen LogP) is 1.22. The Kier molecular flexibility index (Phi) is 3.41. The molecular weight excluding hydrogens is 281 g/mol. The third-order valence-corrected chi connectivity index (χ3v) is 6.26. The first-order valence-corrected chi connectivity index (χ1v) is 8.37. The van der Waals surface area contributed by atoms with Gasteiger partial charge in [0.1, 0.15) is 5.82 Å². The van der Waals surface area contributed by atoms with Crippen molar-refractivity contribution in [1.29, 1.82) is 0 Å². The number of piperazine rings is 1. The van der Waals surface area contributed by atoms with Crippen molar-refractivity contribution >= 4 is 15.8 Å². The van der Waals surface area contributed by atoms with Gasteiger partial charge in [-0.15, -0.1) is 0 Å². The van der Waals surface area contributed by atoms with Crippen molar-refractivity contribution in [3.63, 3.8) is 0 Å². The van der Waals surface area contributed by atoms with E-state index >= 15 is 0 Å². The summed E-state index contributed by atoms with van der Waals surface area (Å²) in [6.07, 6.45) is 1.56. The maximum absolute atomic E-state index is 13.2. The molecular formula is C13H18FN3O2S. The molecule has 20 heavy (non-hydrogen) atoms. The molecule has 1 saturated carbocycles. The molecule has 2 fully saturated rings. The third-order valence-electron chi connectivity index (χ3n) is 3.89. The fourth-order valence-corrected chi connectivity index (χ4v) is 4.54. The molecule has 2 aliphatic rings. The van der Waals surface area contributed by atoms with Gasteiger partial charge in [-0.3, -0.25) is 0 Å². The Morgan fingerprint density at radius 1 is 1.30 bits per heavy atom. The van der Waals surface area contributed by atoms with E-state index in [1.807, 2.05) is 11.8 Å². The van der Waals surface area contributed by atoms with E-state index in [0.717, 1.165) is 12.8 Å². The van der Waals surface area contributed by atoms with Gasteiger partial charge in [0.05, 0.1) is 5.25 Å². The van der Waals surface area contributed by atoms with Crippen LogP contribution in [0.1, 0.15) is 19.8 Å². The van der Waals surface area contributed by atoms with Crippen molar-refractivity contribution in [3.05, 3.63) is 24.1 Å². The van der Waals surface area contributed by atoms with Crippen LogP contribution in [-0.4, -0.2) is 48.6 Å². The number of rotatable bonds is 3. The van der Waals surface area contributed by atoms with Gasteiger partial charge in [-0.2, -0.15) is 8.70 Å². The van der Waals surface area contributed by atoms with Gasteiger partial charge < -0.3 is 4.90 Å². The van der Waals surface area contributed by atoms with Crippen molar-refractivity contribution in [3.8, 4) is 0 Å². The number of aromatic nitrogens is 1. The minimum absolute atomic E-state index is 0.00780. The second kappa shape index (κ2) is 4.96. The van der Waals surface area contributed by atoms with Gasteiger partial charge in [0.15, 0.2) is 0 Å². The molecule has 3 rings (SSSR count). The predicted molar refractivity (Wildman–Crippen MR) is 74.5 cm³/mol. The first kappa shape index (κ1) is 13.8. The van der Waals surface area contributed by atoms with Gasteiger partial charge >= 0.3 is 0 Å². The monoisotopic (exact) mass is 299 g/mol. The number of hydrogen-bond donors (Lipinski definition) is 0. The van der Waals surface area contributed by atoms with Crippen LogP contribution in [0.5, 0.6) is 0 Å². The van der Waals surface area contributed by atoms with E-state index < -0.39 is 16.0 Å². The Balaban J connectivity index is 1.74. The van der Waals surface area contributed by atoms with E-state index in [-0.39, 0.29) is 11.3 Å². The molecule has 0 bridgehead atoms. The molecule has 1 unspecified atom stereocenters. The molecule has 0 radical (unpaired) electrons. The minimum Gasteiger partial charge on any atom is -0.351 e. The normalized spacial score (nSPS) is 24.9. The highest BCUT2D eigenvalue weighted by molar-refractivity contribution is 7.90. The molecule has 1 aliphatic carbocycles. The zero-order chi connectivity index (χ0) is 14.3. The summed E-state index contributed by atoms with van der Waals surface area (Å²) in [7, 11) is -3.12. The number of pyridine rings is 1. The first-order chi connectivity index (χ1) is 9.48. The Morgan fingerprint density at radius 2 is 2.05 bits per heavy atom. The molecule has 1 aromatic rings. The summed E-state index contributed by atoms with van der Waals surface area (Å²) >= 11 is 0. The highest BCUT2D eigenvalue weighted by Gasteiger charge is 2.42. The lowest BCUT2D eigenvalue weighted by atomic mass is 10.2. The lowest BCUT2D eigenvalue weighted by molar-refractivity contribution is 0.340. The van der Waals surface area contributed by atoms with Gasteiger partial charge in [-0.05, 0) is 31.9 Å². The maximum atomic E-state index is 13.2. The van der Waals surface area contributed by atoms with Crippen molar-refractivity contribution in [1.82, 2.24) is 9.29 Å². The highest BCUT2D eigenvalue weighted by Crippen LogP contribution is 2.32. The van der Waals surface area contributed by atoms with Crippen LogP contribution in [0.2, 0.25) is 0 Å². The number of halogens is 1. The first-order valence-electron chi connectivity index (χ1n) is 6.86. The van der Waals surface area contributed by atoms with E-state index in [1.54, 1.807) is 16.4 Å². The molecule has 0 spiro atoms. The molecule has 0 amide bonds. The van der Waals surface area contributed by atoms with Crippen LogP contribution < -0.4 is 4.90 Å². The third kappa shape index (κ3) is 2.52. The maximum Gasteiger partial charge on any atom is 0.217 e. The molecule has 7 heteroatoms. The molecule has 110 valence electrons. The Labute approximate surface area is 118 Å². The van der Waals surface area contributed by atoms with Gasteiger partial charge in [0.2, 0.25) is 16.0 Å². The van der Waals surface area contributed by atoms with Crippen LogP contribution >= 0.6 is 0 Å².